The molecule has 6 heteroatoms. The van der Waals surface area contributed by atoms with E-state index in [0.717, 1.165) is 42.9 Å². The summed E-state index contributed by atoms with van der Waals surface area (Å²) in [5.41, 5.74) is 8.91. The zero-order chi connectivity index (χ0) is 20.2. The average Bonchev–Trinajstić information content (AvgIpc) is 3.25. The molecule has 1 fully saturated rings. The Morgan fingerprint density at radius 3 is 2.41 bits per heavy atom. The van der Waals surface area contributed by atoms with Crippen molar-refractivity contribution >= 4 is 5.91 Å². The van der Waals surface area contributed by atoms with Gasteiger partial charge < -0.3 is 15.4 Å². The van der Waals surface area contributed by atoms with Gasteiger partial charge in [-0.15, -0.1) is 0 Å². The molecule has 4 rings (SSSR count). The number of ether oxygens (including phenoxy) is 1. The molecular formula is C23H26N4O2. The molecule has 150 valence electrons. The number of carbonyl (C=O) groups excluding carboxylic acids is 1. The number of rotatable bonds is 5. The van der Waals surface area contributed by atoms with Gasteiger partial charge >= 0.3 is 0 Å². The molecule has 29 heavy (non-hydrogen) atoms. The monoisotopic (exact) mass is 390 g/mol. The topological polar surface area (TPSA) is 73.4 Å². The molecule has 6 nitrogen and oxygen atoms in total. The van der Waals surface area contributed by atoms with Crippen LogP contribution in [0.25, 0.3) is 16.9 Å². The van der Waals surface area contributed by atoms with Gasteiger partial charge in [-0.1, -0.05) is 18.2 Å². The van der Waals surface area contributed by atoms with Crippen LogP contribution in [0.15, 0.2) is 60.8 Å². The highest BCUT2D eigenvalue weighted by Crippen LogP contribution is 2.28. The van der Waals surface area contributed by atoms with Crippen molar-refractivity contribution in [2.45, 2.75) is 12.8 Å². The standard InChI is InChI=1S/C23H26N4O2/c1-29-20-9-7-18(8-10-20)22-21(16-27(25-22)19-5-3-2-4-6-19)23(28)26-13-11-17(15-24)12-14-26/h2-10,16-17H,11-15,24H2,1H3. The minimum Gasteiger partial charge on any atom is -0.497 e. The molecule has 1 aliphatic heterocycles. The number of amides is 1. The van der Waals surface area contributed by atoms with Gasteiger partial charge in [0.1, 0.15) is 11.4 Å². The van der Waals surface area contributed by atoms with E-state index in [2.05, 4.69) is 0 Å². The first kappa shape index (κ1) is 19.2. The summed E-state index contributed by atoms with van der Waals surface area (Å²) in [5, 5.41) is 4.76. The molecule has 2 aromatic carbocycles. The number of nitrogens with two attached hydrogens (primary N) is 1. The Balaban J connectivity index is 1.70. The Bertz CT molecular complexity index is 958. The Kier molecular flexibility index (Phi) is 5.62. The third kappa shape index (κ3) is 4.03. The number of benzene rings is 2. The summed E-state index contributed by atoms with van der Waals surface area (Å²) < 4.78 is 7.04. The van der Waals surface area contributed by atoms with Crippen molar-refractivity contribution in [3.63, 3.8) is 0 Å². The average molecular weight is 390 g/mol. The van der Waals surface area contributed by atoms with Crippen LogP contribution >= 0.6 is 0 Å². The molecule has 0 bridgehead atoms. The minimum absolute atomic E-state index is 0.0217. The minimum atomic E-state index is 0.0217. The predicted octanol–water partition coefficient (Wildman–Crippen LogP) is 3.36. The Morgan fingerprint density at radius 2 is 1.79 bits per heavy atom. The lowest BCUT2D eigenvalue weighted by molar-refractivity contribution is 0.0694. The molecule has 1 aliphatic rings. The predicted molar refractivity (Wildman–Crippen MR) is 113 cm³/mol. The van der Waals surface area contributed by atoms with E-state index in [1.54, 1.807) is 11.8 Å². The van der Waals surface area contributed by atoms with Crippen molar-refractivity contribution in [2.24, 2.45) is 11.7 Å². The first-order valence-corrected chi connectivity index (χ1v) is 9.98. The molecule has 3 aromatic rings. The summed E-state index contributed by atoms with van der Waals surface area (Å²) in [6, 6.07) is 17.5. The number of aromatic nitrogens is 2. The first-order chi connectivity index (χ1) is 14.2. The Labute approximate surface area is 170 Å². The summed E-state index contributed by atoms with van der Waals surface area (Å²) in [7, 11) is 1.64. The molecule has 0 unspecified atom stereocenters. The van der Waals surface area contributed by atoms with Gasteiger partial charge in [-0.25, -0.2) is 4.68 Å². The molecule has 0 radical (unpaired) electrons. The lowest BCUT2D eigenvalue weighted by Gasteiger charge is -2.31. The fraction of sp³-hybridized carbons (Fsp3) is 0.304. The molecule has 2 heterocycles. The smallest absolute Gasteiger partial charge is 0.257 e. The summed E-state index contributed by atoms with van der Waals surface area (Å²) in [4.78, 5) is 15.3. The van der Waals surface area contributed by atoms with Gasteiger partial charge in [-0.3, -0.25) is 4.79 Å². The second-order valence-electron chi connectivity index (χ2n) is 7.37. The van der Waals surface area contributed by atoms with E-state index < -0.39 is 0 Å². The molecule has 2 N–H and O–H groups in total. The van der Waals surface area contributed by atoms with Gasteiger partial charge in [0.15, 0.2) is 0 Å². The Morgan fingerprint density at radius 1 is 1.10 bits per heavy atom. The zero-order valence-corrected chi connectivity index (χ0v) is 16.6. The largest absolute Gasteiger partial charge is 0.497 e. The molecule has 1 amide bonds. The summed E-state index contributed by atoms with van der Waals surface area (Å²) >= 11 is 0. The van der Waals surface area contributed by atoms with Crippen molar-refractivity contribution in [3.8, 4) is 22.7 Å². The first-order valence-electron chi connectivity index (χ1n) is 9.98. The number of hydrogen-bond acceptors (Lipinski definition) is 4. The molecule has 0 atom stereocenters. The van der Waals surface area contributed by atoms with Gasteiger partial charge in [0.25, 0.3) is 5.91 Å². The fourth-order valence-corrected chi connectivity index (χ4v) is 3.75. The quantitative estimate of drug-likeness (QED) is 0.725. The van der Waals surface area contributed by atoms with Gasteiger partial charge in [0, 0.05) is 24.8 Å². The number of piperidine rings is 1. The van der Waals surface area contributed by atoms with Gasteiger partial charge in [-0.2, -0.15) is 5.10 Å². The highest BCUT2D eigenvalue weighted by atomic mass is 16.5. The van der Waals surface area contributed by atoms with Crippen molar-refractivity contribution < 1.29 is 9.53 Å². The maximum Gasteiger partial charge on any atom is 0.257 e. The molecule has 1 saturated heterocycles. The lowest BCUT2D eigenvalue weighted by atomic mass is 9.96. The van der Waals surface area contributed by atoms with Crippen molar-refractivity contribution in [2.75, 3.05) is 26.7 Å². The van der Waals surface area contributed by atoms with Crippen LogP contribution < -0.4 is 10.5 Å². The molecule has 1 aromatic heterocycles. The van der Waals surface area contributed by atoms with E-state index in [0.29, 0.717) is 23.7 Å². The van der Waals surface area contributed by atoms with E-state index in [4.69, 9.17) is 15.6 Å². The second kappa shape index (κ2) is 8.49. The van der Waals surface area contributed by atoms with Crippen LogP contribution in [0.2, 0.25) is 0 Å². The number of carbonyl (C=O) groups is 1. The van der Waals surface area contributed by atoms with E-state index in [9.17, 15) is 4.79 Å². The van der Waals surface area contributed by atoms with Gasteiger partial charge in [-0.05, 0) is 61.7 Å². The number of nitrogens with zero attached hydrogens (tertiary/aromatic N) is 3. The van der Waals surface area contributed by atoms with Crippen LogP contribution in [0.1, 0.15) is 23.2 Å². The van der Waals surface area contributed by atoms with E-state index in [-0.39, 0.29) is 5.91 Å². The van der Waals surface area contributed by atoms with Crippen molar-refractivity contribution in [1.29, 1.82) is 0 Å². The zero-order valence-electron chi connectivity index (χ0n) is 16.6. The normalized spacial score (nSPS) is 14.8. The van der Waals surface area contributed by atoms with Crippen LogP contribution in [-0.4, -0.2) is 47.3 Å². The van der Waals surface area contributed by atoms with Crippen molar-refractivity contribution in [1.82, 2.24) is 14.7 Å². The maximum atomic E-state index is 13.4. The molecule has 0 spiro atoms. The van der Waals surface area contributed by atoms with E-state index in [1.165, 1.54) is 0 Å². The van der Waals surface area contributed by atoms with Crippen LogP contribution in [-0.2, 0) is 0 Å². The van der Waals surface area contributed by atoms with Crippen LogP contribution in [0.3, 0.4) is 0 Å². The SMILES string of the molecule is COc1ccc(-c2nn(-c3ccccc3)cc2C(=O)N2CCC(CN)CC2)cc1. The van der Waals surface area contributed by atoms with Crippen molar-refractivity contribution in [3.05, 3.63) is 66.4 Å². The van der Waals surface area contributed by atoms with E-state index in [1.807, 2.05) is 65.7 Å². The van der Waals surface area contributed by atoms with Gasteiger partial charge in [0.05, 0.1) is 18.4 Å². The second-order valence-corrected chi connectivity index (χ2v) is 7.37. The van der Waals surface area contributed by atoms with Crippen LogP contribution in [0.5, 0.6) is 5.75 Å². The summed E-state index contributed by atoms with van der Waals surface area (Å²) in [6.45, 7) is 2.16. The van der Waals surface area contributed by atoms with Crippen LogP contribution in [0, 0.1) is 5.92 Å². The fourth-order valence-electron chi connectivity index (χ4n) is 3.75. The number of likely N-dealkylation sites (tertiary alicyclic amines) is 1. The summed E-state index contributed by atoms with van der Waals surface area (Å²) in [5.74, 6) is 1.30. The number of methoxy groups -OCH3 is 1. The lowest BCUT2D eigenvalue weighted by Crippen LogP contribution is -2.40. The molecular weight excluding hydrogens is 364 g/mol. The highest BCUT2D eigenvalue weighted by molar-refractivity contribution is 6.00. The van der Waals surface area contributed by atoms with E-state index >= 15 is 0 Å². The molecule has 0 aliphatic carbocycles. The molecule has 0 saturated carbocycles. The summed E-state index contributed by atoms with van der Waals surface area (Å²) in [6.07, 6.45) is 3.74. The van der Waals surface area contributed by atoms with Crippen LogP contribution in [0.4, 0.5) is 0 Å². The Hall–Kier alpha value is -3.12. The third-order valence-corrected chi connectivity index (χ3v) is 5.56. The maximum absolute atomic E-state index is 13.4. The number of hydrogen-bond donors (Lipinski definition) is 1. The number of para-hydroxylation sites is 1. The highest BCUT2D eigenvalue weighted by Gasteiger charge is 2.27. The third-order valence-electron chi connectivity index (χ3n) is 5.56. The van der Waals surface area contributed by atoms with Gasteiger partial charge in [0.2, 0.25) is 0 Å².